The number of hydrogen-bond acceptors (Lipinski definition) is 3. The van der Waals surface area contributed by atoms with Gasteiger partial charge in [0.15, 0.2) is 0 Å². The highest BCUT2D eigenvalue weighted by Crippen LogP contribution is 2.18. The van der Waals surface area contributed by atoms with Crippen molar-refractivity contribution < 1.29 is 0 Å². The first kappa shape index (κ1) is 12.2. The highest BCUT2D eigenvalue weighted by atomic mass is 35.5. The van der Waals surface area contributed by atoms with Crippen LogP contribution in [0.2, 0.25) is 5.02 Å². The summed E-state index contributed by atoms with van der Waals surface area (Å²) in [7, 11) is 0. The van der Waals surface area contributed by atoms with Gasteiger partial charge >= 0.3 is 0 Å². The predicted molar refractivity (Wildman–Crippen MR) is 71.3 cm³/mol. The van der Waals surface area contributed by atoms with E-state index in [2.05, 4.69) is 23.0 Å². The van der Waals surface area contributed by atoms with Gasteiger partial charge in [0.1, 0.15) is 0 Å². The molecular weight excluding hydrogens is 254 g/mol. The number of hydrogen-bond donors (Lipinski definition) is 1. The van der Waals surface area contributed by atoms with Crippen LogP contribution in [0.15, 0.2) is 17.6 Å². The molecule has 5 heteroatoms. The molecule has 2 aromatic heterocycles. The number of rotatable bonds is 2. The molecule has 0 amide bonds. The van der Waals surface area contributed by atoms with E-state index in [4.69, 9.17) is 17.3 Å². The van der Waals surface area contributed by atoms with Gasteiger partial charge in [-0.25, -0.2) is 0 Å². The number of nitrogens with zero attached hydrogens (tertiary/aromatic N) is 2. The normalized spacial score (nSPS) is 10.1. The van der Waals surface area contributed by atoms with Crippen molar-refractivity contribution in [1.29, 1.82) is 0 Å². The molecule has 2 heterocycles. The van der Waals surface area contributed by atoms with Gasteiger partial charge in [0, 0.05) is 15.8 Å². The molecule has 2 rings (SSSR count). The van der Waals surface area contributed by atoms with E-state index in [1.54, 1.807) is 17.5 Å². The van der Waals surface area contributed by atoms with Crippen LogP contribution in [0, 0.1) is 18.8 Å². The van der Waals surface area contributed by atoms with E-state index in [9.17, 15) is 0 Å². The zero-order valence-electron chi connectivity index (χ0n) is 9.40. The molecule has 17 heavy (non-hydrogen) atoms. The lowest BCUT2D eigenvalue weighted by Gasteiger charge is -2.01. The van der Waals surface area contributed by atoms with E-state index in [-0.39, 0.29) is 0 Å². The fraction of sp³-hybridized carbons (Fsp3) is 0.250. The summed E-state index contributed by atoms with van der Waals surface area (Å²) in [4.78, 5) is 1.20. The standard InChI is InChI=1S/C12H12ClN3S/c1-9-12(13)6-15-16(9)7-11-5-10(8-17-11)3-2-4-14/h5-6,8H,4,7,14H2,1H3. The average Bonchev–Trinajstić information content (AvgIpc) is 2.89. The highest BCUT2D eigenvalue weighted by molar-refractivity contribution is 7.10. The SMILES string of the molecule is Cc1c(Cl)cnn1Cc1cc(C#CCN)cs1. The summed E-state index contributed by atoms with van der Waals surface area (Å²) in [5, 5.41) is 6.94. The molecule has 88 valence electrons. The van der Waals surface area contributed by atoms with Crippen LogP contribution in [-0.4, -0.2) is 16.3 Å². The van der Waals surface area contributed by atoms with Crippen LogP contribution < -0.4 is 5.73 Å². The molecule has 0 saturated carbocycles. The fourth-order valence-corrected chi connectivity index (χ4v) is 2.35. The van der Waals surface area contributed by atoms with Gasteiger partial charge in [-0.05, 0) is 13.0 Å². The predicted octanol–water partition coefficient (Wildman–Crippen LogP) is 2.26. The van der Waals surface area contributed by atoms with Crippen LogP contribution in [0.3, 0.4) is 0 Å². The lowest BCUT2D eigenvalue weighted by Crippen LogP contribution is -2.01. The van der Waals surface area contributed by atoms with Gasteiger partial charge in [0.2, 0.25) is 0 Å². The molecule has 0 bridgehead atoms. The molecule has 0 aromatic carbocycles. The third-order valence-corrected chi connectivity index (χ3v) is 3.63. The van der Waals surface area contributed by atoms with E-state index in [0.717, 1.165) is 17.8 Å². The topological polar surface area (TPSA) is 43.8 Å². The van der Waals surface area contributed by atoms with Gasteiger partial charge < -0.3 is 5.73 Å². The number of halogens is 1. The van der Waals surface area contributed by atoms with Crippen molar-refractivity contribution in [3.05, 3.63) is 38.8 Å². The minimum atomic E-state index is 0.388. The first-order valence-electron chi connectivity index (χ1n) is 5.15. The average molecular weight is 266 g/mol. The molecule has 0 fully saturated rings. The monoisotopic (exact) mass is 265 g/mol. The summed E-state index contributed by atoms with van der Waals surface area (Å²) >= 11 is 7.62. The summed E-state index contributed by atoms with van der Waals surface area (Å²) in [6.07, 6.45) is 1.67. The van der Waals surface area contributed by atoms with Gasteiger partial charge in [-0.15, -0.1) is 11.3 Å². The van der Waals surface area contributed by atoms with E-state index < -0.39 is 0 Å². The Balaban J connectivity index is 2.14. The maximum atomic E-state index is 5.95. The molecule has 0 saturated heterocycles. The van der Waals surface area contributed by atoms with Crippen LogP contribution in [-0.2, 0) is 6.54 Å². The summed E-state index contributed by atoms with van der Waals surface area (Å²) in [6.45, 7) is 3.07. The van der Waals surface area contributed by atoms with E-state index in [1.165, 1.54) is 4.88 Å². The third-order valence-electron chi connectivity index (χ3n) is 2.34. The number of nitrogens with two attached hydrogens (primary N) is 1. The summed E-state index contributed by atoms with van der Waals surface area (Å²) in [5.74, 6) is 5.85. The lowest BCUT2D eigenvalue weighted by atomic mass is 10.3. The van der Waals surface area contributed by atoms with Gasteiger partial charge in [0.05, 0.1) is 30.0 Å². The van der Waals surface area contributed by atoms with Crippen molar-refractivity contribution in [3.63, 3.8) is 0 Å². The second kappa shape index (κ2) is 5.37. The molecule has 0 spiro atoms. The molecule has 0 aliphatic rings. The zero-order chi connectivity index (χ0) is 12.3. The Labute approximate surface area is 109 Å². The smallest absolute Gasteiger partial charge is 0.0815 e. The Morgan fingerprint density at radius 1 is 1.59 bits per heavy atom. The van der Waals surface area contributed by atoms with Crippen LogP contribution >= 0.6 is 22.9 Å². The molecule has 2 aromatic rings. The number of thiophene rings is 1. The minimum absolute atomic E-state index is 0.388. The summed E-state index contributed by atoms with van der Waals surface area (Å²) in [5.41, 5.74) is 7.32. The van der Waals surface area contributed by atoms with E-state index in [1.807, 2.05) is 17.0 Å². The Hall–Kier alpha value is -1.28. The Bertz CT molecular complexity index is 574. The zero-order valence-corrected chi connectivity index (χ0v) is 11.0. The van der Waals surface area contributed by atoms with E-state index in [0.29, 0.717) is 11.6 Å². The summed E-state index contributed by atoms with van der Waals surface area (Å²) in [6, 6.07) is 2.06. The highest BCUT2D eigenvalue weighted by Gasteiger charge is 2.05. The summed E-state index contributed by atoms with van der Waals surface area (Å²) < 4.78 is 1.88. The largest absolute Gasteiger partial charge is 0.320 e. The van der Waals surface area contributed by atoms with Crippen LogP contribution in [0.4, 0.5) is 0 Å². The molecule has 0 atom stereocenters. The second-order valence-corrected chi connectivity index (χ2v) is 4.95. The lowest BCUT2D eigenvalue weighted by molar-refractivity contribution is 0.672. The van der Waals surface area contributed by atoms with Crippen molar-refractivity contribution >= 4 is 22.9 Å². The molecule has 0 radical (unpaired) electrons. The van der Waals surface area contributed by atoms with Crippen LogP contribution in [0.1, 0.15) is 16.1 Å². The Kier molecular flexibility index (Phi) is 3.85. The fourth-order valence-electron chi connectivity index (χ4n) is 1.41. The van der Waals surface area contributed by atoms with Gasteiger partial charge in [-0.1, -0.05) is 23.4 Å². The quantitative estimate of drug-likeness (QED) is 0.847. The maximum absolute atomic E-state index is 5.95. The third kappa shape index (κ3) is 2.89. The Morgan fingerprint density at radius 3 is 3.06 bits per heavy atom. The van der Waals surface area contributed by atoms with Crippen LogP contribution in [0.25, 0.3) is 0 Å². The van der Waals surface area contributed by atoms with Crippen molar-refractivity contribution in [2.24, 2.45) is 5.73 Å². The van der Waals surface area contributed by atoms with Crippen molar-refractivity contribution in [3.8, 4) is 11.8 Å². The first-order valence-corrected chi connectivity index (χ1v) is 6.40. The molecule has 0 aliphatic heterocycles. The Morgan fingerprint density at radius 2 is 2.41 bits per heavy atom. The van der Waals surface area contributed by atoms with Gasteiger partial charge in [-0.3, -0.25) is 4.68 Å². The van der Waals surface area contributed by atoms with Gasteiger partial charge in [0.25, 0.3) is 0 Å². The van der Waals surface area contributed by atoms with Crippen molar-refractivity contribution in [1.82, 2.24) is 9.78 Å². The minimum Gasteiger partial charge on any atom is -0.320 e. The van der Waals surface area contributed by atoms with Crippen molar-refractivity contribution in [2.45, 2.75) is 13.5 Å². The molecule has 0 aliphatic carbocycles. The molecule has 2 N–H and O–H groups in total. The number of aromatic nitrogens is 2. The molecular formula is C12H12ClN3S. The molecule has 0 unspecified atom stereocenters. The second-order valence-electron chi connectivity index (χ2n) is 3.54. The van der Waals surface area contributed by atoms with Crippen molar-refractivity contribution in [2.75, 3.05) is 6.54 Å². The molecule has 3 nitrogen and oxygen atoms in total. The van der Waals surface area contributed by atoms with Gasteiger partial charge in [-0.2, -0.15) is 5.10 Å². The maximum Gasteiger partial charge on any atom is 0.0815 e. The van der Waals surface area contributed by atoms with E-state index >= 15 is 0 Å². The van der Waals surface area contributed by atoms with Crippen LogP contribution in [0.5, 0.6) is 0 Å². The first-order chi connectivity index (χ1) is 8.20.